The fourth-order valence-corrected chi connectivity index (χ4v) is 4.96. The van der Waals surface area contributed by atoms with Crippen molar-refractivity contribution in [3.05, 3.63) is 96.2 Å². The topological polar surface area (TPSA) is 65.8 Å². The summed E-state index contributed by atoms with van der Waals surface area (Å²) in [5, 5.41) is 9.98. The molecule has 1 saturated heterocycles. The predicted molar refractivity (Wildman–Crippen MR) is 155 cm³/mol. The van der Waals surface area contributed by atoms with Gasteiger partial charge in [-0.25, -0.2) is 4.79 Å². The van der Waals surface area contributed by atoms with Crippen LogP contribution in [0.4, 0.5) is 10.5 Å². The normalized spacial score (nSPS) is 19.9. The van der Waals surface area contributed by atoms with Gasteiger partial charge in [-0.3, -0.25) is 0 Å². The third kappa shape index (κ3) is 7.54. The van der Waals surface area contributed by atoms with Crippen LogP contribution in [0.25, 0.3) is 0 Å². The van der Waals surface area contributed by atoms with Crippen LogP contribution in [0.5, 0.6) is 5.75 Å². The summed E-state index contributed by atoms with van der Waals surface area (Å²) in [7, 11) is 0. The van der Waals surface area contributed by atoms with Crippen LogP contribution in [0.1, 0.15) is 52.5 Å². The fourth-order valence-electron chi connectivity index (χ4n) is 4.96. The van der Waals surface area contributed by atoms with Crippen molar-refractivity contribution >= 4 is 11.8 Å². The summed E-state index contributed by atoms with van der Waals surface area (Å²) >= 11 is 0. The molecule has 0 spiro atoms. The lowest BCUT2D eigenvalue weighted by Crippen LogP contribution is -2.44. The van der Waals surface area contributed by atoms with E-state index in [1.807, 2.05) is 82.3 Å². The van der Waals surface area contributed by atoms with E-state index in [1.54, 1.807) is 4.90 Å². The maximum absolute atomic E-state index is 12.4. The molecule has 1 aliphatic heterocycles. The van der Waals surface area contributed by atoms with Crippen molar-refractivity contribution in [2.75, 3.05) is 18.0 Å². The summed E-state index contributed by atoms with van der Waals surface area (Å²) in [5.74, 6) is 0.812. The highest BCUT2D eigenvalue weighted by Crippen LogP contribution is 2.37. The molecule has 1 unspecified atom stereocenters. The summed E-state index contributed by atoms with van der Waals surface area (Å²) in [4.78, 5) is 16.4. The zero-order valence-corrected chi connectivity index (χ0v) is 23.5. The molecule has 2 aromatic rings. The van der Waals surface area contributed by atoms with Crippen LogP contribution < -0.4 is 9.64 Å². The molecule has 1 aliphatic carbocycles. The van der Waals surface area contributed by atoms with Gasteiger partial charge in [0.15, 0.2) is 0 Å². The SMILES string of the molecule is C/C=C/C1(C#N)C=CC=C(N(Cc2ccccc2)c2ccc(OC3CCN(C(=O)OC(C)(C)C)CC3)cc2)C1. The molecule has 6 heteroatoms. The van der Waals surface area contributed by atoms with Gasteiger partial charge in [0.25, 0.3) is 0 Å². The number of rotatable bonds is 7. The van der Waals surface area contributed by atoms with Crippen molar-refractivity contribution in [2.24, 2.45) is 5.41 Å². The molecule has 204 valence electrons. The second kappa shape index (κ2) is 12.3. The van der Waals surface area contributed by atoms with Gasteiger partial charge in [-0.1, -0.05) is 54.6 Å². The number of benzene rings is 2. The lowest BCUT2D eigenvalue weighted by atomic mass is 9.81. The standard InChI is InChI=1S/C33H39N3O3/c1-5-19-33(25-34)20-9-12-28(23-33)36(24-26-10-7-6-8-11-26)27-13-15-29(16-14-27)38-30-17-21-35(22-18-30)31(37)39-32(2,3)4/h5-16,19-20,30H,17-18,21-24H2,1-4H3/b19-5+. The Morgan fingerprint density at radius 1 is 1.13 bits per heavy atom. The number of hydrogen-bond acceptors (Lipinski definition) is 5. The van der Waals surface area contributed by atoms with E-state index in [1.165, 1.54) is 5.56 Å². The number of allylic oxidation sites excluding steroid dienone is 6. The van der Waals surface area contributed by atoms with E-state index in [2.05, 4.69) is 41.3 Å². The van der Waals surface area contributed by atoms with E-state index in [4.69, 9.17) is 9.47 Å². The fraction of sp³-hybridized carbons (Fsp3) is 0.394. The molecule has 1 atom stereocenters. The highest BCUT2D eigenvalue weighted by Gasteiger charge is 2.30. The van der Waals surface area contributed by atoms with Gasteiger partial charge in [-0.15, -0.1) is 0 Å². The van der Waals surface area contributed by atoms with Crippen LogP contribution in [0, 0.1) is 16.7 Å². The van der Waals surface area contributed by atoms with Gasteiger partial charge in [0.2, 0.25) is 0 Å². The van der Waals surface area contributed by atoms with Crippen molar-refractivity contribution in [1.82, 2.24) is 4.90 Å². The quantitative estimate of drug-likeness (QED) is 0.352. The Morgan fingerprint density at radius 3 is 2.44 bits per heavy atom. The zero-order valence-electron chi connectivity index (χ0n) is 23.5. The highest BCUT2D eigenvalue weighted by atomic mass is 16.6. The van der Waals surface area contributed by atoms with Crippen molar-refractivity contribution in [2.45, 2.75) is 65.2 Å². The van der Waals surface area contributed by atoms with Gasteiger partial charge in [0.1, 0.15) is 17.5 Å². The van der Waals surface area contributed by atoms with Gasteiger partial charge in [-0.05, 0) is 63.6 Å². The number of hydrogen-bond donors (Lipinski definition) is 0. The van der Waals surface area contributed by atoms with Gasteiger partial charge < -0.3 is 19.3 Å². The molecule has 1 heterocycles. The molecule has 2 aliphatic rings. The lowest BCUT2D eigenvalue weighted by Gasteiger charge is -2.34. The number of likely N-dealkylation sites (tertiary alicyclic amines) is 1. The van der Waals surface area contributed by atoms with Crippen LogP contribution in [0.3, 0.4) is 0 Å². The molecular weight excluding hydrogens is 486 g/mol. The van der Waals surface area contributed by atoms with Crippen molar-refractivity contribution < 1.29 is 14.3 Å². The third-order valence-corrected chi connectivity index (χ3v) is 6.90. The van der Waals surface area contributed by atoms with Crippen molar-refractivity contribution in [3.63, 3.8) is 0 Å². The Hall–Kier alpha value is -3.98. The van der Waals surface area contributed by atoms with Crippen molar-refractivity contribution in [1.29, 1.82) is 5.26 Å². The number of amides is 1. The van der Waals surface area contributed by atoms with E-state index in [-0.39, 0.29) is 12.2 Å². The Morgan fingerprint density at radius 2 is 1.82 bits per heavy atom. The Labute approximate surface area is 232 Å². The second-order valence-electron chi connectivity index (χ2n) is 11.2. The Bertz CT molecular complexity index is 1240. The first-order valence-corrected chi connectivity index (χ1v) is 13.7. The minimum Gasteiger partial charge on any atom is -0.490 e. The summed E-state index contributed by atoms with van der Waals surface area (Å²) in [5.41, 5.74) is 2.18. The maximum Gasteiger partial charge on any atom is 0.410 e. The van der Waals surface area contributed by atoms with Gasteiger partial charge >= 0.3 is 6.09 Å². The Kier molecular flexibility index (Phi) is 8.81. The number of piperidine rings is 1. The highest BCUT2D eigenvalue weighted by molar-refractivity contribution is 5.68. The minimum atomic E-state index is -0.648. The molecule has 1 fully saturated rings. The first kappa shape index (κ1) is 28.0. The largest absolute Gasteiger partial charge is 0.490 e. The number of carbonyl (C=O) groups excluding carboxylic acids is 1. The molecule has 0 bridgehead atoms. The average molecular weight is 526 g/mol. The zero-order chi connectivity index (χ0) is 27.9. The summed E-state index contributed by atoms with van der Waals surface area (Å²) in [6, 6.07) is 21.0. The molecule has 39 heavy (non-hydrogen) atoms. The Balaban J connectivity index is 1.45. The molecule has 4 rings (SSSR count). The molecule has 0 radical (unpaired) electrons. The first-order chi connectivity index (χ1) is 18.7. The van der Waals surface area contributed by atoms with Gasteiger partial charge in [0.05, 0.1) is 11.5 Å². The second-order valence-corrected chi connectivity index (χ2v) is 11.2. The third-order valence-electron chi connectivity index (χ3n) is 6.90. The summed E-state index contributed by atoms with van der Waals surface area (Å²) in [6.07, 6.45) is 11.9. The van der Waals surface area contributed by atoms with Crippen LogP contribution >= 0.6 is 0 Å². The number of anilines is 1. The first-order valence-electron chi connectivity index (χ1n) is 13.7. The average Bonchev–Trinajstić information content (AvgIpc) is 2.92. The number of carbonyl (C=O) groups is 1. The lowest BCUT2D eigenvalue weighted by molar-refractivity contribution is 0.0126. The molecule has 2 aromatic carbocycles. The monoisotopic (exact) mass is 525 g/mol. The van der Waals surface area contributed by atoms with Gasteiger partial charge in [0, 0.05) is 50.3 Å². The molecular formula is C33H39N3O3. The van der Waals surface area contributed by atoms with Crippen LogP contribution in [-0.2, 0) is 11.3 Å². The number of nitriles is 1. The van der Waals surface area contributed by atoms with E-state index in [0.717, 1.165) is 30.0 Å². The molecule has 1 amide bonds. The molecule has 0 N–H and O–H groups in total. The number of ether oxygens (including phenoxy) is 2. The predicted octanol–water partition coefficient (Wildman–Crippen LogP) is 7.40. The van der Waals surface area contributed by atoms with E-state index in [9.17, 15) is 10.1 Å². The summed E-state index contributed by atoms with van der Waals surface area (Å²) in [6.45, 7) is 9.54. The molecule has 6 nitrogen and oxygen atoms in total. The number of nitrogens with zero attached hydrogens (tertiary/aromatic N) is 3. The van der Waals surface area contributed by atoms with Gasteiger partial charge in [-0.2, -0.15) is 5.26 Å². The molecule has 0 aromatic heterocycles. The summed E-state index contributed by atoms with van der Waals surface area (Å²) < 4.78 is 11.8. The minimum absolute atomic E-state index is 0.0539. The van der Waals surface area contributed by atoms with Crippen molar-refractivity contribution in [3.8, 4) is 11.8 Å². The van der Waals surface area contributed by atoms with E-state index >= 15 is 0 Å². The van der Waals surface area contributed by atoms with Crippen LogP contribution in [0.15, 0.2) is 90.7 Å². The maximum atomic E-state index is 12.4. The smallest absolute Gasteiger partial charge is 0.410 e. The van der Waals surface area contributed by atoms with Crippen LogP contribution in [0.2, 0.25) is 0 Å². The van der Waals surface area contributed by atoms with E-state index < -0.39 is 11.0 Å². The van der Waals surface area contributed by atoms with Crippen LogP contribution in [-0.4, -0.2) is 35.8 Å². The van der Waals surface area contributed by atoms with E-state index in [0.29, 0.717) is 26.1 Å². The molecule has 0 saturated carbocycles.